The zero-order valence-corrected chi connectivity index (χ0v) is 17.3. The van der Waals surface area contributed by atoms with Crippen molar-refractivity contribution in [3.63, 3.8) is 0 Å². The van der Waals surface area contributed by atoms with Gasteiger partial charge in [0.2, 0.25) is 0 Å². The minimum atomic E-state index is 0.0950. The number of methoxy groups -OCH3 is 1. The number of halogens is 1. The predicted molar refractivity (Wildman–Crippen MR) is 109 cm³/mol. The molecular formula is C19H21IO3S. The van der Waals surface area contributed by atoms with Gasteiger partial charge in [-0.2, -0.15) is 0 Å². The van der Waals surface area contributed by atoms with E-state index in [2.05, 4.69) is 55.5 Å². The number of hydrogen-bond donors (Lipinski definition) is 0. The highest BCUT2D eigenvalue weighted by atomic mass is 127. The summed E-state index contributed by atoms with van der Waals surface area (Å²) >= 11 is 7.27. The molecule has 24 heavy (non-hydrogen) atoms. The molecular weight excluding hydrogens is 435 g/mol. The Morgan fingerprint density at radius 3 is 2.54 bits per heavy atom. The second-order valence-electron chi connectivity index (χ2n) is 5.46. The Kier molecular flexibility index (Phi) is 6.86. The van der Waals surface area contributed by atoms with Gasteiger partial charge in [-0.15, -0.1) is 0 Å². The van der Waals surface area contributed by atoms with Crippen LogP contribution in [0.3, 0.4) is 0 Å². The Morgan fingerprint density at radius 1 is 1.12 bits per heavy atom. The van der Waals surface area contributed by atoms with Crippen LogP contribution in [0.4, 0.5) is 0 Å². The largest absolute Gasteiger partial charge is 0.488 e. The number of thiocarbonyl (C=S) groups is 1. The van der Waals surface area contributed by atoms with E-state index in [0.717, 1.165) is 26.9 Å². The van der Waals surface area contributed by atoms with Crippen LogP contribution >= 0.6 is 34.8 Å². The van der Waals surface area contributed by atoms with Crippen LogP contribution in [0.25, 0.3) is 0 Å². The normalized spacial score (nSPS) is 10.4. The Balaban J connectivity index is 2.23. The van der Waals surface area contributed by atoms with Crippen LogP contribution in [0.5, 0.6) is 11.5 Å². The molecule has 0 fully saturated rings. The fourth-order valence-corrected chi connectivity index (χ4v) is 3.16. The quantitative estimate of drug-likeness (QED) is 0.447. The second kappa shape index (κ2) is 8.67. The standard InChI is InChI=1S/C19H21IO3S/c1-5-14-9-13(3)18(10-12(14)2)22-11-15-16(20)7-6-8-17(15)23-19(24)21-4/h6-10H,5,11H2,1-4H3. The van der Waals surface area contributed by atoms with Gasteiger partial charge in [-0.05, 0) is 77.7 Å². The van der Waals surface area contributed by atoms with Crippen LogP contribution in [0, 0.1) is 17.4 Å². The highest BCUT2D eigenvalue weighted by molar-refractivity contribution is 14.1. The molecule has 0 unspecified atom stereocenters. The molecule has 0 radical (unpaired) electrons. The van der Waals surface area contributed by atoms with Crippen LogP contribution in [0.2, 0.25) is 0 Å². The van der Waals surface area contributed by atoms with E-state index in [1.54, 1.807) is 0 Å². The van der Waals surface area contributed by atoms with Crippen molar-refractivity contribution < 1.29 is 14.2 Å². The summed E-state index contributed by atoms with van der Waals surface area (Å²) in [5.41, 5.74) is 4.69. The molecule has 0 atom stereocenters. The minimum absolute atomic E-state index is 0.0950. The van der Waals surface area contributed by atoms with Gasteiger partial charge in [-0.25, -0.2) is 0 Å². The molecule has 0 aliphatic heterocycles. The molecule has 0 bridgehead atoms. The number of rotatable bonds is 5. The molecule has 0 aromatic heterocycles. The molecule has 0 heterocycles. The van der Waals surface area contributed by atoms with E-state index in [4.69, 9.17) is 26.4 Å². The Bertz CT molecular complexity index is 744. The summed E-state index contributed by atoms with van der Waals surface area (Å²) < 4.78 is 17.6. The lowest BCUT2D eigenvalue weighted by Gasteiger charge is -2.16. The van der Waals surface area contributed by atoms with E-state index < -0.39 is 0 Å². The second-order valence-corrected chi connectivity index (χ2v) is 6.95. The fraction of sp³-hybridized carbons (Fsp3) is 0.316. The van der Waals surface area contributed by atoms with Gasteiger partial charge in [0.25, 0.3) is 0 Å². The maximum absolute atomic E-state index is 6.07. The maximum Gasteiger partial charge on any atom is 0.357 e. The van der Waals surface area contributed by atoms with Crippen LogP contribution in [-0.4, -0.2) is 12.3 Å². The van der Waals surface area contributed by atoms with E-state index in [9.17, 15) is 0 Å². The van der Waals surface area contributed by atoms with Crippen molar-refractivity contribution in [2.75, 3.05) is 7.11 Å². The predicted octanol–water partition coefficient (Wildman–Crippen LogP) is 5.36. The Labute approximate surface area is 162 Å². The molecule has 0 saturated carbocycles. The van der Waals surface area contributed by atoms with Crippen molar-refractivity contribution in [2.24, 2.45) is 0 Å². The number of ether oxygens (including phenoxy) is 3. The van der Waals surface area contributed by atoms with Crippen molar-refractivity contribution in [2.45, 2.75) is 33.8 Å². The van der Waals surface area contributed by atoms with Crippen molar-refractivity contribution in [1.29, 1.82) is 0 Å². The first kappa shape index (κ1) is 19.0. The number of aryl methyl sites for hydroxylation is 3. The monoisotopic (exact) mass is 456 g/mol. The average Bonchev–Trinajstić information content (AvgIpc) is 2.56. The van der Waals surface area contributed by atoms with Crippen molar-refractivity contribution in [1.82, 2.24) is 0 Å². The van der Waals surface area contributed by atoms with Crippen LogP contribution in [0.15, 0.2) is 30.3 Å². The topological polar surface area (TPSA) is 27.7 Å². The van der Waals surface area contributed by atoms with Gasteiger partial charge >= 0.3 is 5.24 Å². The van der Waals surface area contributed by atoms with Crippen molar-refractivity contribution in [3.05, 3.63) is 56.2 Å². The fourth-order valence-electron chi connectivity index (χ4n) is 2.44. The van der Waals surface area contributed by atoms with Gasteiger partial charge in [0.15, 0.2) is 0 Å². The molecule has 2 aromatic carbocycles. The summed E-state index contributed by atoms with van der Waals surface area (Å²) in [6.07, 6.45) is 1.02. The summed E-state index contributed by atoms with van der Waals surface area (Å²) in [6, 6.07) is 10.1. The van der Waals surface area contributed by atoms with Gasteiger partial charge in [-0.3, -0.25) is 0 Å². The lowest BCUT2D eigenvalue weighted by molar-refractivity contribution is 0.287. The highest BCUT2D eigenvalue weighted by Crippen LogP contribution is 2.28. The highest BCUT2D eigenvalue weighted by Gasteiger charge is 2.12. The third-order valence-corrected chi connectivity index (χ3v) is 5.08. The first-order chi connectivity index (χ1) is 11.5. The SMILES string of the molecule is CCc1cc(C)c(OCc2c(I)cccc2OC(=S)OC)cc1C. The first-order valence-electron chi connectivity index (χ1n) is 7.72. The van der Waals surface area contributed by atoms with E-state index in [0.29, 0.717) is 12.4 Å². The smallest absolute Gasteiger partial charge is 0.357 e. The number of benzene rings is 2. The molecule has 0 amide bonds. The average molecular weight is 456 g/mol. The first-order valence-corrected chi connectivity index (χ1v) is 9.21. The van der Waals surface area contributed by atoms with Gasteiger partial charge in [0, 0.05) is 21.4 Å². The van der Waals surface area contributed by atoms with Gasteiger partial charge in [-0.1, -0.05) is 19.1 Å². The van der Waals surface area contributed by atoms with Crippen LogP contribution < -0.4 is 9.47 Å². The summed E-state index contributed by atoms with van der Waals surface area (Å²) in [7, 11) is 1.49. The molecule has 3 nitrogen and oxygen atoms in total. The molecule has 0 aliphatic rings. The summed E-state index contributed by atoms with van der Waals surface area (Å²) in [5.74, 6) is 1.55. The number of hydrogen-bond acceptors (Lipinski definition) is 4. The molecule has 0 saturated heterocycles. The Morgan fingerprint density at radius 2 is 1.88 bits per heavy atom. The van der Waals surface area contributed by atoms with Crippen LogP contribution in [-0.2, 0) is 17.8 Å². The van der Waals surface area contributed by atoms with E-state index >= 15 is 0 Å². The molecule has 5 heteroatoms. The third kappa shape index (κ3) is 4.60. The van der Waals surface area contributed by atoms with E-state index in [1.807, 2.05) is 18.2 Å². The van der Waals surface area contributed by atoms with Gasteiger partial charge < -0.3 is 14.2 Å². The molecule has 0 N–H and O–H groups in total. The molecule has 0 aliphatic carbocycles. The molecule has 128 valence electrons. The van der Waals surface area contributed by atoms with E-state index in [1.165, 1.54) is 18.2 Å². The molecule has 0 spiro atoms. The Hall–Kier alpha value is -1.34. The third-order valence-electron chi connectivity index (χ3n) is 3.82. The van der Waals surface area contributed by atoms with Gasteiger partial charge in [0.05, 0.1) is 7.11 Å². The maximum atomic E-state index is 6.07. The summed E-state index contributed by atoms with van der Waals surface area (Å²) in [5, 5.41) is 0.0950. The molecule has 2 rings (SSSR count). The summed E-state index contributed by atoms with van der Waals surface area (Å²) in [6.45, 7) is 6.76. The van der Waals surface area contributed by atoms with Gasteiger partial charge in [0.1, 0.15) is 18.1 Å². The minimum Gasteiger partial charge on any atom is -0.488 e. The lowest BCUT2D eigenvalue weighted by atomic mass is 10.0. The molecule has 2 aromatic rings. The summed E-state index contributed by atoms with van der Waals surface area (Å²) in [4.78, 5) is 0. The van der Waals surface area contributed by atoms with Crippen molar-refractivity contribution >= 4 is 40.0 Å². The zero-order chi connectivity index (χ0) is 17.7. The lowest BCUT2D eigenvalue weighted by Crippen LogP contribution is -2.10. The van der Waals surface area contributed by atoms with E-state index in [-0.39, 0.29) is 5.24 Å². The van der Waals surface area contributed by atoms with Crippen molar-refractivity contribution in [3.8, 4) is 11.5 Å². The zero-order valence-electron chi connectivity index (χ0n) is 14.3. The van der Waals surface area contributed by atoms with Crippen LogP contribution in [0.1, 0.15) is 29.2 Å².